The van der Waals surface area contributed by atoms with Crippen LogP contribution in [0.15, 0.2) is 11.6 Å². The van der Waals surface area contributed by atoms with Gasteiger partial charge >= 0.3 is 0 Å². The third kappa shape index (κ3) is 5.50. The zero-order chi connectivity index (χ0) is 5.54. The van der Waals surface area contributed by atoms with E-state index in [2.05, 4.69) is 5.32 Å². The molecule has 0 aliphatic heterocycles. The Morgan fingerprint density at radius 2 is 2.43 bits per heavy atom. The molecule has 0 saturated heterocycles. The number of hydrogen-bond donors (Lipinski definition) is 1. The van der Waals surface area contributed by atoms with Gasteiger partial charge in [0.25, 0.3) is 0 Å². The van der Waals surface area contributed by atoms with Gasteiger partial charge in [0.15, 0.2) is 0 Å². The van der Waals surface area contributed by atoms with Crippen LogP contribution >= 0.6 is 11.6 Å². The summed E-state index contributed by atoms with van der Waals surface area (Å²) in [4.78, 5) is 9.49. The van der Waals surface area contributed by atoms with Crippen LogP contribution < -0.4 is 5.32 Å². The van der Waals surface area contributed by atoms with Crippen LogP contribution in [-0.2, 0) is 4.79 Å². The largest absolute Gasteiger partial charge is 0.355 e. The fourth-order valence-corrected chi connectivity index (χ4v) is 0.250. The van der Waals surface area contributed by atoms with Gasteiger partial charge in [0.05, 0.1) is 0 Å². The van der Waals surface area contributed by atoms with Gasteiger partial charge in [-0.15, -0.1) is 0 Å². The van der Waals surface area contributed by atoms with Crippen molar-refractivity contribution >= 4 is 18.0 Å². The summed E-state index contributed by atoms with van der Waals surface area (Å²) < 4.78 is 0. The summed E-state index contributed by atoms with van der Waals surface area (Å²) in [5, 5.41) is 2.40. The van der Waals surface area contributed by atoms with E-state index in [1.807, 2.05) is 0 Å². The van der Waals surface area contributed by atoms with Crippen LogP contribution in [-0.4, -0.2) is 13.0 Å². The molecule has 0 aromatic heterocycles. The Hall–Kier alpha value is -0.500. The maximum atomic E-state index is 9.49. The predicted molar refractivity (Wildman–Crippen MR) is 29.1 cm³/mol. The molecule has 0 aliphatic rings. The van der Waals surface area contributed by atoms with E-state index in [1.165, 1.54) is 5.54 Å². The van der Waals surface area contributed by atoms with Gasteiger partial charge < -0.3 is 5.32 Å². The monoisotopic (exact) mass is 119 g/mol. The lowest BCUT2D eigenvalue weighted by Crippen LogP contribution is -2.08. The first kappa shape index (κ1) is 6.50. The first-order chi connectivity index (χ1) is 3.41. The molecular formula is C4H6ClNO. The quantitative estimate of drug-likeness (QED) is 0.425. The highest BCUT2D eigenvalue weighted by Gasteiger charge is 1.67. The third-order valence-electron chi connectivity index (χ3n) is 0.408. The Labute approximate surface area is 47.2 Å². The number of amides is 1. The second-order valence-corrected chi connectivity index (χ2v) is 1.14. The molecule has 0 unspecified atom stereocenters. The minimum atomic E-state index is 0.507. The normalized spacial score (nSPS) is 9.29. The van der Waals surface area contributed by atoms with E-state index < -0.39 is 0 Å². The van der Waals surface area contributed by atoms with Crippen molar-refractivity contribution in [2.24, 2.45) is 0 Å². The number of halogens is 1. The average Bonchev–Trinajstić information content (AvgIpc) is 1.69. The molecule has 0 bridgehead atoms. The van der Waals surface area contributed by atoms with Crippen molar-refractivity contribution in [1.82, 2.24) is 5.32 Å². The molecule has 2 nitrogen and oxygen atoms in total. The van der Waals surface area contributed by atoms with Crippen molar-refractivity contribution in [2.45, 2.75) is 0 Å². The lowest BCUT2D eigenvalue weighted by Gasteiger charge is -1.82. The Morgan fingerprint density at radius 1 is 1.71 bits per heavy atom. The number of nitrogens with one attached hydrogen (secondary N) is 1. The van der Waals surface area contributed by atoms with Gasteiger partial charge in [-0.25, -0.2) is 0 Å². The zero-order valence-corrected chi connectivity index (χ0v) is 4.48. The van der Waals surface area contributed by atoms with Crippen LogP contribution in [0.1, 0.15) is 0 Å². The van der Waals surface area contributed by atoms with E-state index in [-0.39, 0.29) is 0 Å². The van der Waals surface area contributed by atoms with Crippen LogP contribution in [0.3, 0.4) is 0 Å². The lowest BCUT2D eigenvalue weighted by atomic mass is 10.6. The standard InChI is InChI=1S/C4H6ClNO/c5-2-1-3-6-4-7/h1-2,4H,3H2,(H,6,7)/b2-1+. The van der Waals surface area contributed by atoms with E-state index in [0.717, 1.165) is 0 Å². The van der Waals surface area contributed by atoms with Gasteiger partial charge in [-0.3, -0.25) is 4.79 Å². The highest BCUT2D eigenvalue weighted by atomic mass is 35.5. The van der Waals surface area contributed by atoms with E-state index in [4.69, 9.17) is 11.6 Å². The summed E-state index contributed by atoms with van der Waals surface area (Å²) in [7, 11) is 0. The molecule has 0 aliphatic carbocycles. The van der Waals surface area contributed by atoms with E-state index in [9.17, 15) is 4.79 Å². The molecule has 0 fully saturated rings. The zero-order valence-electron chi connectivity index (χ0n) is 3.73. The Bertz CT molecular complexity index is 72.1. The van der Waals surface area contributed by atoms with E-state index >= 15 is 0 Å². The van der Waals surface area contributed by atoms with Gasteiger partial charge in [-0.05, 0) is 0 Å². The average molecular weight is 120 g/mol. The summed E-state index contributed by atoms with van der Waals surface area (Å²) in [6, 6.07) is 0. The molecule has 7 heavy (non-hydrogen) atoms. The van der Waals surface area contributed by atoms with Gasteiger partial charge in [0.2, 0.25) is 6.41 Å². The number of carbonyl (C=O) groups excluding carboxylic acids is 1. The fraction of sp³-hybridized carbons (Fsp3) is 0.250. The van der Waals surface area contributed by atoms with Gasteiger partial charge in [-0.2, -0.15) is 0 Å². The lowest BCUT2D eigenvalue weighted by molar-refractivity contribution is -0.109. The molecule has 0 aromatic rings. The maximum Gasteiger partial charge on any atom is 0.207 e. The van der Waals surface area contributed by atoms with Crippen LogP contribution in [0.5, 0.6) is 0 Å². The van der Waals surface area contributed by atoms with E-state index in [0.29, 0.717) is 13.0 Å². The van der Waals surface area contributed by atoms with Crippen molar-refractivity contribution in [3.8, 4) is 0 Å². The Kier molecular flexibility index (Phi) is 5.11. The van der Waals surface area contributed by atoms with Crippen molar-refractivity contribution < 1.29 is 4.79 Å². The molecular weight excluding hydrogens is 114 g/mol. The summed E-state index contributed by atoms with van der Waals surface area (Å²) >= 11 is 5.10. The second-order valence-electron chi connectivity index (χ2n) is 0.888. The van der Waals surface area contributed by atoms with Crippen molar-refractivity contribution in [3.63, 3.8) is 0 Å². The van der Waals surface area contributed by atoms with E-state index in [1.54, 1.807) is 6.08 Å². The minimum absolute atomic E-state index is 0.507. The van der Waals surface area contributed by atoms with Gasteiger partial charge in [-0.1, -0.05) is 17.7 Å². The molecule has 0 spiro atoms. The molecule has 40 valence electrons. The summed E-state index contributed by atoms with van der Waals surface area (Å²) in [6.07, 6.45) is 2.26. The summed E-state index contributed by atoms with van der Waals surface area (Å²) in [5.41, 5.74) is 1.36. The smallest absolute Gasteiger partial charge is 0.207 e. The maximum absolute atomic E-state index is 9.49. The highest BCUT2D eigenvalue weighted by Crippen LogP contribution is 1.72. The Balaban J connectivity index is 2.82. The molecule has 1 amide bonds. The number of rotatable bonds is 3. The molecule has 0 radical (unpaired) electrons. The minimum Gasteiger partial charge on any atom is -0.355 e. The molecule has 3 heteroatoms. The van der Waals surface area contributed by atoms with Crippen LogP contribution in [0, 0.1) is 0 Å². The van der Waals surface area contributed by atoms with Crippen LogP contribution in [0.2, 0.25) is 0 Å². The molecule has 0 saturated carbocycles. The first-order valence-electron chi connectivity index (χ1n) is 1.84. The summed E-state index contributed by atoms with van der Waals surface area (Å²) in [6.45, 7) is 0.507. The molecule has 0 aromatic carbocycles. The number of carbonyl (C=O) groups is 1. The predicted octanol–water partition coefficient (Wildman–Crippen LogP) is 0.485. The van der Waals surface area contributed by atoms with Gasteiger partial charge in [0, 0.05) is 12.1 Å². The number of hydrogen-bond acceptors (Lipinski definition) is 1. The fourth-order valence-electron chi connectivity index (χ4n) is 0.161. The molecule has 1 N–H and O–H groups in total. The molecule has 0 heterocycles. The van der Waals surface area contributed by atoms with Crippen LogP contribution in [0.4, 0.5) is 0 Å². The van der Waals surface area contributed by atoms with Crippen molar-refractivity contribution in [1.29, 1.82) is 0 Å². The van der Waals surface area contributed by atoms with Gasteiger partial charge in [0.1, 0.15) is 0 Å². The third-order valence-corrected chi connectivity index (χ3v) is 0.586. The SMILES string of the molecule is O=CNC/C=C/Cl. The Morgan fingerprint density at radius 3 is 2.86 bits per heavy atom. The first-order valence-corrected chi connectivity index (χ1v) is 2.27. The highest BCUT2D eigenvalue weighted by molar-refractivity contribution is 6.25. The summed E-state index contributed by atoms with van der Waals surface area (Å²) in [5.74, 6) is 0. The van der Waals surface area contributed by atoms with Crippen molar-refractivity contribution in [2.75, 3.05) is 6.54 Å². The van der Waals surface area contributed by atoms with Crippen LogP contribution in [0.25, 0.3) is 0 Å². The topological polar surface area (TPSA) is 29.1 Å². The molecule has 0 atom stereocenters. The second kappa shape index (κ2) is 5.50. The van der Waals surface area contributed by atoms with Crippen molar-refractivity contribution in [3.05, 3.63) is 11.6 Å². The molecule has 0 rings (SSSR count).